The molecule has 45 heavy (non-hydrogen) atoms. The highest BCUT2D eigenvalue weighted by Crippen LogP contribution is 2.34. The second-order valence-electron chi connectivity index (χ2n) is 11.5. The smallest absolute Gasteiger partial charge is 0.408 e. The van der Waals surface area contributed by atoms with Gasteiger partial charge in [-0.25, -0.2) is 18.6 Å². The normalized spacial score (nSPS) is 13.3. The van der Waals surface area contributed by atoms with Crippen molar-refractivity contribution in [3.63, 3.8) is 0 Å². The summed E-state index contributed by atoms with van der Waals surface area (Å²) in [6.07, 6.45) is -0.493. The maximum absolute atomic E-state index is 14.3. The van der Waals surface area contributed by atoms with Crippen LogP contribution < -0.4 is 16.4 Å². The van der Waals surface area contributed by atoms with E-state index < -0.39 is 29.4 Å². The minimum absolute atomic E-state index is 0. The molecule has 0 bridgehead atoms. The van der Waals surface area contributed by atoms with Crippen molar-refractivity contribution in [1.29, 1.82) is 0 Å². The molecule has 1 atom stereocenters. The van der Waals surface area contributed by atoms with Gasteiger partial charge in [0, 0.05) is 36.4 Å². The predicted molar refractivity (Wildman–Crippen MR) is 176 cm³/mol. The van der Waals surface area contributed by atoms with Gasteiger partial charge in [0.05, 0.1) is 11.6 Å². The molecule has 2 amide bonds. The van der Waals surface area contributed by atoms with Crippen molar-refractivity contribution in [3.05, 3.63) is 94.8 Å². The summed E-state index contributed by atoms with van der Waals surface area (Å²) in [5, 5.41) is 5.93. The van der Waals surface area contributed by atoms with Crippen molar-refractivity contribution in [2.24, 2.45) is 0 Å². The zero-order chi connectivity index (χ0) is 31.6. The molecule has 238 valence electrons. The molecule has 3 aromatic carbocycles. The van der Waals surface area contributed by atoms with E-state index in [1.54, 1.807) is 68.1 Å². The van der Waals surface area contributed by atoms with Gasteiger partial charge in [0.2, 0.25) is 5.91 Å². The largest absolute Gasteiger partial charge is 0.444 e. The number of nitrogens with one attached hydrogen (secondary N) is 2. The first-order valence-corrected chi connectivity index (χ1v) is 14.4. The number of nitrogens with two attached hydrogens (primary N) is 1. The quantitative estimate of drug-likeness (QED) is 0.199. The van der Waals surface area contributed by atoms with Gasteiger partial charge in [0.15, 0.2) is 0 Å². The predicted octanol–water partition coefficient (Wildman–Crippen LogP) is 6.40. The Hall–Kier alpha value is -4.29. The molecule has 5 rings (SSSR count). The van der Waals surface area contributed by atoms with E-state index >= 15 is 0 Å². The van der Waals surface area contributed by atoms with E-state index in [9.17, 15) is 18.4 Å². The number of aromatic nitrogens is 2. The number of anilines is 3. The molecule has 9 nitrogen and oxygen atoms in total. The van der Waals surface area contributed by atoms with Crippen LogP contribution in [0, 0.1) is 11.6 Å². The third-order valence-corrected chi connectivity index (χ3v) is 7.28. The van der Waals surface area contributed by atoms with Crippen LogP contribution in [0.25, 0.3) is 11.3 Å². The lowest BCUT2D eigenvalue weighted by molar-refractivity contribution is -0.135. The molecular weight excluding hydrogens is 622 g/mol. The molecule has 1 aromatic heterocycles. The summed E-state index contributed by atoms with van der Waals surface area (Å²) in [5.41, 5.74) is 7.85. The fourth-order valence-corrected chi connectivity index (χ4v) is 5.07. The lowest BCUT2D eigenvalue weighted by Crippen LogP contribution is -2.52. The Morgan fingerprint density at radius 3 is 2.47 bits per heavy atom. The number of imidazole rings is 1. The minimum atomic E-state index is -0.924. The molecule has 0 saturated heterocycles. The molecule has 0 saturated carbocycles. The number of carbonyl (C=O) groups is 2. The molecule has 1 aliphatic heterocycles. The number of rotatable bonds is 7. The number of carbonyl (C=O) groups excluding carboxylic acids is 2. The van der Waals surface area contributed by atoms with Gasteiger partial charge in [-0.3, -0.25) is 4.79 Å². The SMILES string of the molecule is CC(C)(C)OC(=O)N[C@@H](Cc1ccc(N)cc1)C(=O)N1CCn2c(nc(-c3cccc(F)c3)c2Nc2ccc(Cl)c(F)c2)C1.S. The van der Waals surface area contributed by atoms with E-state index in [4.69, 9.17) is 27.1 Å². The second kappa shape index (κ2) is 13.8. The van der Waals surface area contributed by atoms with Gasteiger partial charge in [-0.05, 0) is 68.8 Å². The highest BCUT2D eigenvalue weighted by atomic mass is 35.5. The summed E-state index contributed by atoms with van der Waals surface area (Å²) in [4.78, 5) is 33.1. The van der Waals surface area contributed by atoms with Crippen LogP contribution in [0.5, 0.6) is 0 Å². The Balaban J connectivity index is 0.00000461. The van der Waals surface area contributed by atoms with E-state index in [-0.39, 0.29) is 37.4 Å². The van der Waals surface area contributed by atoms with Crippen LogP contribution in [-0.2, 0) is 29.0 Å². The number of nitrogen functional groups attached to an aromatic ring is 1. The zero-order valence-corrected chi connectivity index (χ0v) is 26.8. The molecule has 0 fully saturated rings. The Morgan fingerprint density at radius 1 is 1.07 bits per heavy atom. The summed E-state index contributed by atoms with van der Waals surface area (Å²) < 4.78 is 35.8. The summed E-state index contributed by atoms with van der Waals surface area (Å²) in [7, 11) is 0. The lowest BCUT2D eigenvalue weighted by Gasteiger charge is -2.32. The number of nitrogens with zero attached hydrogens (tertiary/aromatic N) is 3. The number of amides is 2. The zero-order valence-electron chi connectivity index (χ0n) is 25.0. The highest BCUT2D eigenvalue weighted by molar-refractivity contribution is 7.59. The van der Waals surface area contributed by atoms with Gasteiger partial charge in [-0.1, -0.05) is 35.9 Å². The van der Waals surface area contributed by atoms with Crippen molar-refractivity contribution in [2.75, 3.05) is 17.6 Å². The van der Waals surface area contributed by atoms with Gasteiger partial charge in [0.25, 0.3) is 0 Å². The monoisotopic (exact) mass is 656 g/mol. The first-order chi connectivity index (χ1) is 20.9. The number of ether oxygens (including phenoxy) is 1. The maximum Gasteiger partial charge on any atom is 0.408 e. The summed E-state index contributed by atoms with van der Waals surface area (Å²) in [6, 6.07) is 16.5. The second-order valence-corrected chi connectivity index (χ2v) is 12.0. The van der Waals surface area contributed by atoms with Gasteiger partial charge in [0.1, 0.15) is 40.6 Å². The fraction of sp³-hybridized carbons (Fsp3) is 0.281. The van der Waals surface area contributed by atoms with E-state index in [1.807, 2.05) is 4.57 Å². The number of fused-ring (bicyclic) bond motifs is 1. The Labute approximate surface area is 272 Å². The van der Waals surface area contributed by atoms with Crippen molar-refractivity contribution in [3.8, 4) is 11.3 Å². The molecule has 2 heterocycles. The van der Waals surface area contributed by atoms with Crippen LogP contribution in [0.2, 0.25) is 5.02 Å². The van der Waals surface area contributed by atoms with Crippen molar-refractivity contribution in [1.82, 2.24) is 19.8 Å². The first-order valence-electron chi connectivity index (χ1n) is 14.1. The average molecular weight is 657 g/mol. The number of hydrogen-bond donors (Lipinski definition) is 3. The Kier molecular flexibility index (Phi) is 10.3. The number of alkyl carbamates (subject to hydrolysis) is 1. The van der Waals surface area contributed by atoms with E-state index in [0.29, 0.717) is 47.4 Å². The average Bonchev–Trinajstić information content (AvgIpc) is 3.32. The molecule has 4 aromatic rings. The standard InChI is InChI=1S/C32H33ClF2N6O3.H2S/c1-32(2,3)44-31(43)38-26(15-19-7-9-22(36)10-8-19)30(42)40-13-14-41-27(18-40)39-28(20-5-4-6-21(34)16-20)29(41)37-23-11-12-24(33)25(35)17-23;/h4-12,16-17,26,37H,13-15,18,36H2,1-3H3,(H,38,43);1H2/t26-;/m0./s1. The molecule has 0 aliphatic carbocycles. The molecule has 0 unspecified atom stereocenters. The molecular formula is C32H35ClF2N6O3S. The molecule has 0 spiro atoms. The lowest BCUT2D eigenvalue weighted by atomic mass is 10.0. The van der Waals surface area contributed by atoms with E-state index in [0.717, 1.165) is 5.56 Å². The van der Waals surface area contributed by atoms with Crippen molar-refractivity contribution >= 4 is 54.3 Å². The van der Waals surface area contributed by atoms with Crippen molar-refractivity contribution < 1.29 is 23.1 Å². The molecule has 13 heteroatoms. The third kappa shape index (κ3) is 8.25. The van der Waals surface area contributed by atoms with Crippen LogP contribution in [0.3, 0.4) is 0 Å². The summed E-state index contributed by atoms with van der Waals surface area (Å²) in [5.74, 6) is -0.297. The van der Waals surface area contributed by atoms with Crippen LogP contribution in [0.15, 0.2) is 66.7 Å². The fourth-order valence-electron chi connectivity index (χ4n) is 4.95. The maximum atomic E-state index is 14.3. The van der Waals surface area contributed by atoms with Gasteiger partial charge < -0.3 is 30.6 Å². The molecule has 4 N–H and O–H groups in total. The number of hydrogen-bond acceptors (Lipinski definition) is 6. The first kappa shape index (κ1) is 33.6. The van der Waals surface area contributed by atoms with Gasteiger partial charge >= 0.3 is 6.09 Å². The van der Waals surface area contributed by atoms with E-state index in [1.165, 1.54) is 24.3 Å². The van der Waals surface area contributed by atoms with Crippen LogP contribution in [0.4, 0.5) is 30.8 Å². The highest BCUT2D eigenvalue weighted by Gasteiger charge is 2.33. The summed E-state index contributed by atoms with van der Waals surface area (Å²) in [6.45, 7) is 5.98. The Morgan fingerprint density at radius 2 is 1.80 bits per heavy atom. The van der Waals surface area contributed by atoms with Gasteiger partial charge in [-0.15, -0.1) is 0 Å². The topological polar surface area (TPSA) is 115 Å². The summed E-state index contributed by atoms with van der Waals surface area (Å²) >= 11 is 5.88. The van der Waals surface area contributed by atoms with Crippen LogP contribution in [-0.4, -0.2) is 44.6 Å². The molecule has 0 radical (unpaired) electrons. The van der Waals surface area contributed by atoms with Crippen molar-refractivity contribution in [2.45, 2.75) is 51.9 Å². The Bertz CT molecular complexity index is 1690. The third-order valence-electron chi connectivity index (χ3n) is 6.97. The molecule has 1 aliphatic rings. The van der Waals surface area contributed by atoms with E-state index in [2.05, 4.69) is 10.6 Å². The van der Waals surface area contributed by atoms with Gasteiger partial charge in [-0.2, -0.15) is 13.5 Å². The minimum Gasteiger partial charge on any atom is -0.444 e. The van der Waals surface area contributed by atoms with Crippen LogP contribution in [0.1, 0.15) is 32.2 Å². The number of benzene rings is 3. The number of halogens is 3. The van der Waals surface area contributed by atoms with Crippen LogP contribution >= 0.6 is 25.1 Å².